The van der Waals surface area contributed by atoms with Gasteiger partial charge in [0, 0.05) is 30.6 Å². The van der Waals surface area contributed by atoms with Gasteiger partial charge in [0.05, 0.1) is 4.88 Å². The average molecular weight is 250 g/mol. The number of fused-ring (bicyclic) bond motifs is 1. The van der Waals surface area contributed by atoms with E-state index in [0.29, 0.717) is 17.9 Å². The number of thiophene rings is 1. The lowest BCUT2D eigenvalue weighted by Crippen LogP contribution is -2.37. The maximum Gasteiger partial charge on any atom is 0.264 e. The minimum atomic E-state index is 0.227. The number of carbonyl (C=O) groups is 1. The van der Waals surface area contributed by atoms with Crippen molar-refractivity contribution < 1.29 is 4.79 Å². The zero-order valence-corrected chi connectivity index (χ0v) is 11.1. The molecule has 1 amide bonds. The van der Waals surface area contributed by atoms with Gasteiger partial charge in [0.2, 0.25) is 0 Å². The first-order valence-corrected chi connectivity index (χ1v) is 7.06. The van der Waals surface area contributed by atoms with E-state index in [4.69, 9.17) is 0 Å². The summed E-state index contributed by atoms with van der Waals surface area (Å²) in [5.74, 6) is 1.54. The van der Waals surface area contributed by atoms with Gasteiger partial charge in [0.15, 0.2) is 0 Å². The number of nitrogens with zero attached hydrogens (tertiary/aromatic N) is 1. The number of hydrogen-bond donors (Lipinski definition) is 1. The van der Waals surface area contributed by atoms with E-state index in [0.717, 1.165) is 24.5 Å². The fourth-order valence-electron chi connectivity index (χ4n) is 3.13. The first-order chi connectivity index (χ1) is 8.16. The molecule has 0 bridgehead atoms. The molecule has 3 heterocycles. The molecule has 3 nitrogen and oxygen atoms in total. The van der Waals surface area contributed by atoms with E-state index in [9.17, 15) is 4.79 Å². The van der Waals surface area contributed by atoms with Gasteiger partial charge in [-0.1, -0.05) is 0 Å². The van der Waals surface area contributed by atoms with Gasteiger partial charge in [0.1, 0.15) is 0 Å². The molecule has 92 valence electrons. The molecule has 0 aliphatic carbocycles. The summed E-state index contributed by atoms with van der Waals surface area (Å²) in [6, 6.07) is 4.37. The minimum absolute atomic E-state index is 0.227. The summed E-state index contributed by atoms with van der Waals surface area (Å²) in [6.07, 6.45) is 0. The van der Waals surface area contributed by atoms with Crippen molar-refractivity contribution in [2.45, 2.75) is 19.9 Å². The lowest BCUT2D eigenvalue weighted by molar-refractivity contribution is 0.0733. The van der Waals surface area contributed by atoms with Gasteiger partial charge >= 0.3 is 0 Å². The molecule has 0 spiro atoms. The molecule has 4 heteroatoms. The molecule has 3 rings (SSSR count). The summed E-state index contributed by atoms with van der Waals surface area (Å²) in [4.78, 5) is 16.6. The molecule has 2 aliphatic rings. The van der Waals surface area contributed by atoms with E-state index in [-0.39, 0.29) is 5.91 Å². The second-order valence-corrected chi connectivity index (χ2v) is 6.48. The third-order valence-electron chi connectivity index (χ3n) is 4.15. The summed E-state index contributed by atoms with van der Waals surface area (Å²) in [7, 11) is 0. The first kappa shape index (κ1) is 11.2. The minimum Gasteiger partial charge on any atom is -0.335 e. The number of hydrogen-bond acceptors (Lipinski definition) is 3. The smallest absolute Gasteiger partial charge is 0.264 e. The number of rotatable bonds is 1. The topological polar surface area (TPSA) is 32.3 Å². The van der Waals surface area contributed by atoms with E-state index < -0.39 is 0 Å². The molecule has 0 aromatic carbocycles. The molecule has 2 aliphatic heterocycles. The van der Waals surface area contributed by atoms with Crippen LogP contribution in [0.5, 0.6) is 0 Å². The molecule has 0 radical (unpaired) electrons. The van der Waals surface area contributed by atoms with Gasteiger partial charge < -0.3 is 10.2 Å². The monoisotopic (exact) mass is 250 g/mol. The lowest BCUT2D eigenvalue weighted by atomic mass is 9.95. The highest BCUT2D eigenvalue weighted by atomic mass is 32.1. The Kier molecular flexibility index (Phi) is 2.71. The van der Waals surface area contributed by atoms with Crippen molar-refractivity contribution in [2.75, 3.05) is 19.6 Å². The summed E-state index contributed by atoms with van der Waals surface area (Å²) in [5, 5.41) is 3.42. The first-order valence-electron chi connectivity index (χ1n) is 6.25. The van der Waals surface area contributed by atoms with Crippen molar-refractivity contribution in [3.05, 3.63) is 21.9 Å². The fraction of sp³-hybridized carbons (Fsp3) is 0.615. The molecule has 1 N–H and O–H groups in total. The van der Waals surface area contributed by atoms with Crippen molar-refractivity contribution in [3.63, 3.8) is 0 Å². The van der Waals surface area contributed by atoms with E-state index in [2.05, 4.69) is 17.1 Å². The van der Waals surface area contributed by atoms with E-state index in [1.54, 1.807) is 11.3 Å². The van der Waals surface area contributed by atoms with Crippen LogP contribution < -0.4 is 5.32 Å². The molecule has 0 saturated carbocycles. The molecule has 3 unspecified atom stereocenters. The predicted molar refractivity (Wildman–Crippen MR) is 69.4 cm³/mol. The van der Waals surface area contributed by atoms with Crippen LogP contribution in [0.3, 0.4) is 0 Å². The SMILES string of the molecule is Cc1ccc(C(=O)N2CC3CNCC3C2C)s1. The van der Waals surface area contributed by atoms with Crippen molar-refractivity contribution in [2.24, 2.45) is 11.8 Å². The summed E-state index contributed by atoms with van der Waals surface area (Å²) >= 11 is 1.61. The third-order valence-corrected chi connectivity index (χ3v) is 5.14. The third kappa shape index (κ3) is 1.79. The van der Waals surface area contributed by atoms with Gasteiger partial charge in [0.25, 0.3) is 5.91 Å². The standard InChI is InChI=1S/C13H18N2OS/c1-8-3-4-12(17-8)13(16)15-7-10-5-14-6-11(10)9(15)2/h3-4,9-11,14H,5-7H2,1-2H3. The highest BCUT2D eigenvalue weighted by Crippen LogP contribution is 2.33. The van der Waals surface area contributed by atoms with Crippen LogP contribution in [0.25, 0.3) is 0 Å². The van der Waals surface area contributed by atoms with Crippen LogP contribution in [-0.2, 0) is 0 Å². The Bertz CT molecular complexity index is 442. The molecule has 1 aromatic rings. The van der Waals surface area contributed by atoms with Crippen molar-refractivity contribution in [1.29, 1.82) is 0 Å². The fourth-order valence-corrected chi connectivity index (χ4v) is 3.95. The average Bonchev–Trinajstić information content (AvgIpc) is 2.96. The second kappa shape index (κ2) is 4.10. The van der Waals surface area contributed by atoms with E-state index in [1.165, 1.54) is 4.88 Å². The number of likely N-dealkylation sites (tertiary alicyclic amines) is 1. The van der Waals surface area contributed by atoms with Crippen LogP contribution in [0.2, 0.25) is 0 Å². The normalized spacial score (nSPS) is 31.9. The number of aryl methyl sites for hydroxylation is 1. The highest BCUT2D eigenvalue weighted by molar-refractivity contribution is 7.13. The molecular weight excluding hydrogens is 232 g/mol. The zero-order valence-electron chi connectivity index (χ0n) is 10.3. The van der Waals surface area contributed by atoms with Crippen LogP contribution in [0.15, 0.2) is 12.1 Å². The largest absolute Gasteiger partial charge is 0.335 e. The number of amides is 1. The van der Waals surface area contributed by atoms with E-state index >= 15 is 0 Å². The van der Waals surface area contributed by atoms with Crippen molar-refractivity contribution >= 4 is 17.2 Å². The van der Waals surface area contributed by atoms with Crippen molar-refractivity contribution in [3.8, 4) is 0 Å². The van der Waals surface area contributed by atoms with E-state index in [1.807, 2.05) is 19.1 Å². The maximum atomic E-state index is 12.4. The molecule has 17 heavy (non-hydrogen) atoms. The molecular formula is C13H18N2OS. The quantitative estimate of drug-likeness (QED) is 0.823. The van der Waals surface area contributed by atoms with Crippen LogP contribution in [0.4, 0.5) is 0 Å². The summed E-state index contributed by atoms with van der Waals surface area (Å²) < 4.78 is 0. The Morgan fingerprint density at radius 2 is 2.29 bits per heavy atom. The Morgan fingerprint density at radius 3 is 2.94 bits per heavy atom. The predicted octanol–water partition coefficient (Wildman–Crippen LogP) is 1.74. The zero-order chi connectivity index (χ0) is 12.0. The lowest BCUT2D eigenvalue weighted by Gasteiger charge is -2.23. The number of carbonyl (C=O) groups excluding carboxylic acids is 1. The second-order valence-electron chi connectivity index (χ2n) is 5.19. The van der Waals surface area contributed by atoms with Crippen LogP contribution in [-0.4, -0.2) is 36.5 Å². The van der Waals surface area contributed by atoms with Gasteiger partial charge in [-0.05, 0) is 37.8 Å². The molecule has 3 atom stereocenters. The molecule has 1 aromatic heterocycles. The van der Waals surface area contributed by atoms with Gasteiger partial charge in [-0.25, -0.2) is 0 Å². The van der Waals surface area contributed by atoms with Crippen molar-refractivity contribution in [1.82, 2.24) is 10.2 Å². The number of nitrogens with one attached hydrogen (secondary N) is 1. The summed E-state index contributed by atoms with van der Waals surface area (Å²) in [5.41, 5.74) is 0. The van der Waals surface area contributed by atoms with Crippen LogP contribution in [0, 0.1) is 18.8 Å². The van der Waals surface area contributed by atoms with Crippen LogP contribution in [0.1, 0.15) is 21.5 Å². The Hall–Kier alpha value is -0.870. The van der Waals surface area contributed by atoms with Gasteiger partial charge in [-0.15, -0.1) is 11.3 Å². The molecule has 2 fully saturated rings. The van der Waals surface area contributed by atoms with Crippen LogP contribution >= 0.6 is 11.3 Å². The summed E-state index contributed by atoms with van der Waals surface area (Å²) in [6.45, 7) is 7.31. The Morgan fingerprint density at radius 1 is 1.47 bits per heavy atom. The highest BCUT2D eigenvalue weighted by Gasteiger charge is 2.43. The van der Waals surface area contributed by atoms with Gasteiger partial charge in [-0.3, -0.25) is 4.79 Å². The Balaban J connectivity index is 1.79. The Labute approximate surface area is 106 Å². The maximum absolute atomic E-state index is 12.4. The van der Waals surface area contributed by atoms with Gasteiger partial charge in [-0.2, -0.15) is 0 Å². The molecule has 2 saturated heterocycles.